The number of amides is 1. The Hall–Kier alpha value is -2.53. The first kappa shape index (κ1) is 18.8. The molecule has 1 amide bonds. The molecule has 0 bridgehead atoms. The average Bonchev–Trinajstić information content (AvgIpc) is 2.79. The van der Waals surface area contributed by atoms with Gasteiger partial charge in [-0.25, -0.2) is 0 Å². The van der Waals surface area contributed by atoms with Crippen molar-refractivity contribution >= 4 is 11.6 Å². The number of hydrogen-bond acceptors (Lipinski definition) is 3. The van der Waals surface area contributed by atoms with E-state index in [9.17, 15) is 4.79 Å². The third-order valence-electron chi connectivity index (χ3n) is 6.22. The molecule has 0 atom stereocenters. The standard InChI is InChI=1S/C23H29N3O2/c1-28-22-9-7-19(8-10-22)23(27)26-13-11-21(12-14-26)25-17-15-24(16-18-25)20-5-3-2-4-6-20/h2-10,21H,11-18H2,1H3/p+1. The molecule has 5 nitrogen and oxygen atoms in total. The van der Waals surface area contributed by atoms with Gasteiger partial charge in [-0.2, -0.15) is 0 Å². The molecule has 5 heteroatoms. The summed E-state index contributed by atoms with van der Waals surface area (Å²) >= 11 is 0. The van der Waals surface area contributed by atoms with Gasteiger partial charge in [0.25, 0.3) is 5.91 Å². The summed E-state index contributed by atoms with van der Waals surface area (Å²) in [4.78, 5) is 19.0. The second-order valence-electron chi connectivity index (χ2n) is 7.78. The van der Waals surface area contributed by atoms with E-state index in [4.69, 9.17) is 4.74 Å². The van der Waals surface area contributed by atoms with E-state index < -0.39 is 0 Å². The van der Waals surface area contributed by atoms with Gasteiger partial charge in [0.1, 0.15) is 5.75 Å². The Morgan fingerprint density at radius 2 is 1.57 bits per heavy atom. The van der Waals surface area contributed by atoms with Crippen LogP contribution in [0.1, 0.15) is 23.2 Å². The number of para-hydroxylation sites is 1. The molecular weight excluding hydrogens is 350 g/mol. The molecule has 0 radical (unpaired) electrons. The van der Waals surface area contributed by atoms with Crippen molar-refractivity contribution in [2.45, 2.75) is 18.9 Å². The van der Waals surface area contributed by atoms with Gasteiger partial charge in [0.2, 0.25) is 0 Å². The zero-order valence-electron chi connectivity index (χ0n) is 16.6. The van der Waals surface area contributed by atoms with E-state index in [2.05, 4.69) is 35.2 Å². The molecule has 2 saturated heterocycles. The van der Waals surface area contributed by atoms with E-state index >= 15 is 0 Å². The van der Waals surface area contributed by atoms with Crippen molar-refractivity contribution in [1.29, 1.82) is 0 Å². The van der Waals surface area contributed by atoms with Crippen molar-refractivity contribution in [3.05, 3.63) is 60.2 Å². The summed E-state index contributed by atoms with van der Waals surface area (Å²) in [6.45, 7) is 6.33. The molecule has 2 aromatic carbocycles. The number of anilines is 1. The van der Waals surface area contributed by atoms with Gasteiger partial charge in [0.15, 0.2) is 0 Å². The van der Waals surface area contributed by atoms with Crippen molar-refractivity contribution in [3.63, 3.8) is 0 Å². The Labute approximate surface area is 167 Å². The van der Waals surface area contributed by atoms with Crippen molar-refractivity contribution < 1.29 is 14.4 Å². The van der Waals surface area contributed by atoms with Gasteiger partial charge in [-0.1, -0.05) is 18.2 Å². The van der Waals surface area contributed by atoms with E-state index in [1.807, 2.05) is 29.2 Å². The van der Waals surface area contributed by atoms with Crippen LogP contribution in [-0.2, 0) is 0 Å². The van der Waals surface area contributed by atoms with Crippen LogP contribution in [0.2, 0.25) is 0 Å². The summed E-state index contributed by atoms with van der Waals surface area (Å²) < 4.78 is 5.18. The highest BCUT2D eigenvalue weighted by Gasteiger charge is 2.32. The van der Waals surface area contributed by atoms with Gasteiger partial charge in [-0.3, -0.25) is 4.79 Å². The predicted octanol–water partition coefficient (Wildman–Crippen LogP) is 1.70. The Bertz CT molecular complexity index is 762. The maximum absolute atomic E-state index is 12.8. The van der Waals surface area contributed by atoms with Gasteiger partial charge in [0, 0.05) is 37.2 Å². The Morgan fingerprint density at radius 1 is 0.929 bits per heavy atom. The van der Waals surface area contributed by atoms with Crippen molar-refractivity contribution in [2.75, 3.05) is 51.3 Å². The van der Waals surface area contributed by atoms with Gasteiger partial charge in [0.05, 0.1) is 39.3 Å². The number of methoxy groups -OCH3 is 1. The molecule has 2 fully saturated rings. The lowest BCUT2D eigenvalue weighted by Gasteiger charge is -2.41. The molecule has 0 aromatic heterocycles. The number of likely N-dealkylation sites (tertiary alicyclic amines) is 1. The number of nitrogens with zero attached hydrogens (tertiary/aromatic N) is 2. The van der Waals surface area contributed by atoms with E-state index in [0.29, 0.717) is 6.04 Å². The Balaban J connectivity index is 1.27. The molecule has 2 aliphatic heterocycles. The zero-order valence-corrected chi connectivity index (χ0v) is 16.6. The quantitative estimate of drug-likeness (QED) is 0.877. The van der Waals surface area contributed by atoms with Crippen LogP contribution in [0.4, 0.5) is 5.69 Å². The summed E-state index contributed by atoms with van der Waals surface area (Å²) in [7, 11) is 1.64. The summed E-state index contributed by atoms with van der Waals surface area (Å²) in [5, 5.41) is 0. The van der Waals surface area contributed by atoms with Crippen molar-refractivity contribution in [3.8, 4) is 5.75 Å². The number of rotatable bonds is 4. The number of benzene rings is 2. The fourth-order valence-corrected chi connectivity index (χ4v) is 4.51. The predicted molar refractivity (Wildman–Crippen MR) is 111 cm³/mol. The normalized spacial score (nSPS) is 18.9. The SMILES string of the molecule is COc1ccc(C(=O)N2CCC([NH+]3CCN(c4ccccc4)CC3)CC2)cc1. The zero-order chi connectivity index (χ0) is 19.3. The first-order valence-electron chi connectivity index (χ1n) is 10.3. The first-order chi connectivity index (χ1) is 13.7. The number of nitrogens with one attached hydrogen (secondary N) is 1. The maximum Gasteiger partial charge on any atom is 0.253 e. The Morgan fingerprint density at radius 3 is 2.18 bits per heavy atom. The van der Waals surface area contributed by atoms with Gasteiger partial charge >= 0.3 is 0 Å². The molecule has 0 unspecified atom stereocenters. The minimum atomic E-state index is 0.144. The van der Waals surface area contributed by atoms with Gasteiger partial charge < -0.3 is 19.4 Å². The van der Waals surface area contributed by atoms with Crippen molar-refractivity contribution in [2.24, 2.45) is 0 Å². The maximum atomic E-state index is 12.8. The van der Waals surface area contributed by atoms with Crippen LogP contribution >= 0.6 is 0 Å². The van der Waals surface area contributed by atoms with E-state index in [1.165, 1.54) is 18.8 Å². The van der Waals surface area contributed by atoms with Crippen molar-refractivity contribution in [1.82, 2.24) is 4.90 Å². The van der Waals surface area contributed by atoms with Crippen LogP contribution in [0.5, 0.6) is 5.75 Å². The summed E-state index contributed by atoms with van der Waals surface area (Å²) in [6.07, 6.45) is 2.20. The lowest BCUT2D eigenvalue weighted by molar-refractivity contribution is -0.927. The first-order valence-corrected chi connectivity index (χ1v) is 10.3. The summed E-state index contributed by atoms with van der Waals surface area (Å²) in [5.41, 5.74) is 2.09. The molecule has 0 aliphatic carbocycles. The molecule has 2 aliphatic rings. The highest BCUT2D eigenvalue weighted by molar-refractivity contribution is 5.94. The lowest BCUT2D eigenvalue weighted by atomic mass is 10.0. The number of quaternary nitrogens is 1. The molecule has 0 saturated carbocycles. The number of carbonyl (C=O) groups is 1. The topological polar surface area (TPSA) is 37.2 Å². The van der Waals surface area contributed by atoms with E-state index in [0.717, 1.165) is 50.3 Å². The molecular formula is C23H30N3O2+. The summed E-state index contributed by atoms with van der Waals surface area (Å²) in [5.74, 6) is 0.929. The third kappa shape index (κ3) is 4.14. The van der Waals surface area contributed by atoms with Crippen LogP contribution in [0.15, 0.2) is 54.6 Å². The highest BCUT2D eigenvalue weighted by atomic mass is 16.5. The van der Waals surface area contributed by atoms with Gasteiger partial charge in [-0.05, 0) is 36.4 Å². The summed E-state index contributed by atoms with van der Waals surface area (Å²) in [6, 6.07) is 18.8. The van der Waals surface area contributed by atoms with Crippen LogP contribution in [0.25, 0.3) is 0 Å². The Kier molecular flexibility index (Phi) is 5.81. The van der Waals surface area contributed by atoms with Crippen LogP contribution in [0.3, 0.4) is 0 Å². The molecule has 148 valence electrons. The lowest BCUT2D eigenvalue weighted by Crippen LogP contribution is -3.18. The molecule has 28 heavy (non-hydrogen) atoms. The van der Waals surface area contributed by atoms with Crippen LogP contribution in [-0.4, -0.2) is 63.2 Å². The molecule has 2 heterocycles. The van der Waals surface area contributed by atoms with Gasteiger partial charge in [-0.15, -0.1) is 0 Å². The highest BCUT2D eigenvalue weighted by Crippen LogP contribution is 2.17. The molecule has 2 aromatic rings. The number of carbonyl (C=O) groups excluding carboxylic acids is 1. The second kappa shape index (κ2) is 8.65. The fraction of sp³-hybridized carbons (Fsp3) is 0.435. The average molecular weight is 381 g/mol. The minimum Gasteiger partial charge on any atom is -0.497 e. The third-order valence-corrected chi connectivity index (χ3v) is 6.22. The number of ether oxygens (including phenoxy) is 1. The fourth-order valence-electron chi connectivity index (χ4n) is 4.51. The smallest absolute Gasteiger partial charge is 0.253 e. The number of hydrogen-bond donors (Lipinski definition) is 1. The van der Waals surface area contributed by atoms with Crippen LogP contribution in [0, 0.1) is 0 Å². The molecule has 0 spiro atoms. The monoisotopic (exact) mass is 380 g/mol. The largest absolute Gasteiger partial charge is 0.497 e. The van der Waals surface area contributed by atoms with E-state index in [-0.39, 0.29) is 5.91 Å². The number of piperidine rings is 1. The number of piperazine rings is 1. The minimum absolute atomic E-state index is 0.144. The van der Waals surface area contributed by atoms with E-state index in [1.54, 1.807) is 12.0 Å². The second-order valence-corrected chi connectivity index (χ2v) is 7.78. The molecule has 4 rings (SSSR count). The molecule has 1 N–H and O–H groups in total. The van der Waals surface area contributed by atoms with Crippen LogP contribution < -0.4 is 14.5 Å².